The number of ether oxygens (including phenoxy) is 2. The molecule has 0 aromatic rings. The van der Waals surface area contributed by atoms with Gasteiger partial charge in [0.1, 0.15) is 0 Å². The Bertz CT molecular complexity index is 321. The summed E-state index contributed by atoms with van der Waals surface area (Å²) >= 11 is 0. The minimum Gasteiger partial charge on any atom is -0.416 e. The molecular formula is C6H8F3O6P. The molecule has 10 heteroatoms. The lowest BCUT2D eigenvalue weighted by molar-refractivity contribution is -0.198. The third-order valence-electron chi connectivity index (χ3n) is 1.84. The molecule has 0 saturated carbocycles. The van der Waals surface area contributed by atoms with Crippen LogP contribution in [-0.4, -0.2) is 38.5 Å². The maximum absolute atomic E-state index is 12.4. The van der Waals surface area contributed by atoms with E-state index < -0.39 is 31.9 Å². The molecule has 0 radical (unpaired) electrons. The zero-order valence-corrected chi connectivity index (χ0v) is 9.08. The summed E-state index contributed by atoms with van der Waals surface area (Å²) in [6.07, 6.45) is -9.14. The maximum atomic E-state index is 12.4. The van der Waals surface area contributed by atoms with Crippen molar-refractivity contribution in [1.82, 2.24) is 0 Å². The van der Waals surface area contributed by atoms with Gasteiger partial charge in [-0.1, -0.05) is 0 Å². The molecule has 94 valence electrons. The molecule has 1 rings (SSSR count). The molecule has 0 N–H and O–H groups in total. The van der Waals surface area contributed by atoms with E-state index in [9.17, 15) is 22.5 Å². The standard InChI is InChI=1S/C6H8F3O6P/c1-12-16(11,13-2)4-3(6(7,8)9)14-5(10)15-4/h3-4H,1-2H3. The molecule has 16 heavy (non-hydrogen) atoms. The Kier molecular flexibility index (Phi) is 3.51. The average Bonchev–Trinajstić information content (AvgIpc) is 2.59. The lowest BCUT2D eigenvalue weighted by Gasteiger charge is -2.23. The van der Waals surface area contributed by atoms with Gasteiger partial charge in [0.2, 0.25) is 6.10 Å². The van der Waals surface area contributed by atoms with Crippen LogP contribution in [0, 0.1) is 0 Å². The van der Waals surface area contributed by atoms with E-state index in [1.165, 1.54) is 0 Å². The Balaban J connectivity index is 3.02. The van der Waals surface area contributed by atoms with Gasteiger partial charge in [-0.2, -0.15) is 13.2 Å². The molecule has 1 fully saturated rings. The number of hydrogen-bond donors (Lipinski definition) is 0. The number of alkyl halides is 3. The Labute approximate surface area is 88.1 Å². The largest absolute Gasteiger partial charge is 0.510 e. The van der Waals surface area contributed by atoms with Crippen molar-refractivity contribution < 1.29 is 41.1 Å². The summed E-state index contributed by atoms with van der Waals surface area (Å²) in [5, 5.41) is 0. The van der Waals surface area contributed by atoms with Crippen molar-refractivity contribution in [3.63, 3.8) is 0 Å². The van der Waals surface area contributed by atoms with Crippen LogP contribution in [-0.2, 0) is 23.1 Å². The van der Waals surface area contributed by atoms with Crippen molar-refractivity contribution in [2.75, 3.05) is 14.2 Å². The number of carbonyl (C=O) groups excluding carboxylic acids is 1. The first-order valence-electron chi connectivity index (χ1n) is 3.90. The minimum absolute atomic E-state index is 0.879. The highest BCUT2D eigenvalue weighted by Gasteiger charge is 2.62. The molecule has 6 nitrogen and oxygen atoms in total. The fraction of sp³-hybridized carbons (Fsp3) is 0.833. The SMILES string of the molecule is COP(=O)(OC)C1OC(=O)OC1C(F)(F)F. The summed E-state index contributed by atoms with van der Waals surface area (Å²) in [6, 6.07) is 0. The van der Waals surface area contributed by atoms with Crippen LogP contribution in [0.4, 0.5) is 18.0 Å². The van der Waals surface area contributed by atoms with Crippen molar-refractivity contribution in [3.05, 3.63) is 0 Å². The predicted octanol–water partition coefficient (Wildman–Crippen LogP) is 1.90. The summed E-state index contributed by atoms with van der Waals surface area (Å²) in [7, 11) is -2.45. The second-order valence-electron chi connectivity index (χ2n) is 2.74. The molecule has 1 aliphatic heterocycles. The second-order valence-corrected chi connectivity index (χ2v) is 5.06. The molecule has 0 aromatic carbocycles. The normalized spacial score (nSPS) is 26.4. The highest BCUT2D eigenvalue weighted by Crippen LogP contribution is 2.57. The van der Waals surface area contributed by atoms with E-state index in [0.717, 1.165) is 14.2 Å². The molecule has 1 heterocycles. The van der Waals surface area contributed by atoms with Crippen molar-refractivity contribution in [2.45, 2.75) is 18.1 Å². The van der Waals surface area contributed by atoms with Gasteiger partial charge in [-0.05, 0) is 0 Å². The van der Waals surface area contributed by atoms with Crippen LogP contribution in [0.5, 0.6) is 0 Å². The van der Waals surface area contributed by atoms with Crippen LogP contribution >= 0.6 is 7.60 Å². The molecule has 0 amide bonds. The third kappa shape index (κ3) is 2.31. The quantitative estimate of drug-likeness (QED) is 0.572. The first-order chi connectivity index (χ1) is 7.24. The van der Waals surface area contributed by atoms with Crippen molar-refractivity contribution in [2.24, 2.45) is 0 Å². The minimum atomic E-state index is -4.91. The van der Waals surface area contributed by atoms with Gasteiger partial charge in [0.05, 0.1) is 0 Å². The van der Waals surface area contributed by atoms with Gasteiger partial charge in [-0.3, -0.25) is 4.57 Å². The van der Waals surface area contributed by atoms with Crippen molar-refractivity contribution >= 4 is 13.8 Å². The average molecular weight is 264 g/mol. The lowest BCUT2D eigenvalue weighted by atomic mass is 10.4. The van der Waals surface area contributed by atoms with E-state index in [0.29, 0.717) is 0 Å². The second kappa shape index (κ2) is 4.23. The van der Waals surface area contributed by atoms with Crippen molar-refractivity contribution in [3.8, 4) is 0 Å². The molecule has 0 aromatic heterocycles. The number of carbonyl (C=O) groups is 1. The van der Waals surface area contributed by atoms with E-state index >= 15 is 0 Å². The topological polar surface area (TPSA) is 71.1 Å². The fourth-order valence-electron chi connectivity index (χ4n) is 1.09. The highest BCUT2D eigenvalue weighted by molar-refractivity contribution is 7.54. The van der Waals surface area contributed by atoms with E-state index in [4.69, 9.17) is 0 Å². The fourth-order valence-corrected chi connectivity index (χ4v) is 2.43. The predicted molar refractivity (Wildman–Crippen MR) is 42.8 cm³/mol. The number of rotatable bonds is 3. The Morgan fingerprint density at radius 3 is 2.12 bits per heavy atom. The maximum Gasteiger partial charge on any atom is 0.510 e. The van der Waals surface area contributed by atoms with Crippen LogP contribution in [0.15, 0.2) is 0 Å². The molecule has 0 bridgehead atoms. The third-order valence-corrected chi connectivity index (χ3v) is 3.86. The van der Waals surface area contributed by atoms with E-state index in [-0.39, 0.29) is 0 Å². The van der Waals surface area contributed by atoms with Crippen LogP contribution in [0.25, 0.3) is 0 Å². The van der Waals surface area contributed by atoms with Gasteiger partial charge in [-0.15, -0.1) is 0 Å². The number of hydrogen-bond acceptors (Lipinski definition) is 6. The molecule has 0 aliphatic carbocycles. The molecular weight excluding hydrogens is 256 g/mol. The smallest absolute Gasteiger partial charge is 0.416 e. The summed E-state index contributed by atoms with van der Waals surface area (Å²) in [5.74, 6) is -2.14. The van der Waals surface area contributed by atoms with E-state index in [2.05, 4.69) is 18.5 Å². The van der Waals surface area contributed by atoms with E-state index in [1.54, 1.807) is 0 Å². The Morgan fingerprint density at radius 1 is 1.25 bits per heavy atom. The van der Waals surface area contributed by atoms with Gasteiger partial charge in [0, 0.05) is 14.2 Å². The first kappa shape index (κ1) is 13.3. The van der Waals surface area contributed by atoms with Crippen LogP contribution < -0.4 is 0 Å². The molecule has 1 saturated heterocycles. The molecule has 1 aliphatic rings. The summed E-state index contributed by atoms with van der Waals surface area (Å²) in [5.41, 5.74) is 0. The van der Waals surface area contributed by atoms with Gasteiger partial charge < -0.3 is 18.5 Å². The molecule has 2 atom stereocenters. The van der Waals surface area contributed by atoms with E-state index in [1.807, 2.05) is 0 Å². The number of cyclic esters (lactones) is 2. The van der Waals surface area contributed by atoms with Crippen LogP contribution in [0.2, 0.25) is 0 Å². The molecule has 2 unspecified atom stereocenters. The summed E-state index contributed by atoms with van der Waals surface area (Å²) in [6.45, 7) is 0. The summed E-state index contributed by atoms with van der Waals surface area (Å²) in [4.78, 5) is 10.6. The first-order valence-corrected chi connectivity index (χ1v) is 5.51. The molecule has 0 spiro atoms. The van der Waals surface area contributed by atoms with Crippen LogP contribution in [0.3, 0.4) is 0 Å². The van der Waals surface area contributed by atoms with Crippen LogP contribution in [0.1, 0.15) is 0 Å². The van der Waals surface area contributed by atoms with Crippen molar-refractivity contribution in [1.29, 1.82) is 0 Å². The lowest BCUT2D eigenvalue weighted by Crippen LogP contribution is -2.37. The van der Waals surface area contributed by atoms with Gasteiger partial charge in [0.15, 0.2) is 0 Å². The Hall–Kier alpha value is -0.790. The highest BCUT2D eigenvalue weighted by atomic mass is 31.2. The summed E-state index contributed by atoms with van der Waals surface area (Å²) < 4.78 is 65.5. The van der Waals surface area contributed by atoms with Gasteiger partial charge >= 0.3 is 19.9 Å². The van der Waals surface area contributed by atoms with Gasteiger partial charge in [0.25, 0.3) is 5.85 Å². The zero-order valence-electron chi connectivity index (χ0n) is 8.19. The number of halogens is 3. The zero-order chi connectivity index (χ0) is 12.6. The monoisotopic (exact) mass is 264 g/mol. The van der Waals surface area contributed by atoms with Gasteiger partial charge in [-0.25, -0.2) is 4.79 Å². The Morgan fingerprint density at radius 2 is 1.75 bits per heavy atom.